The van der Waals surface area contributed by atoms with Crippen LogP contribution in [-0.4, -0.2) is 24.3 Å². The van der Waals surface area contributed by atoms with Crippen molar-refractivity contribution in [1.29, 1.82) is 0 Å². The summed E-state index contributed by atoms with van der Waals surface area (Å²) in [4.78, 5) is 0.722. The summed E-state index contributed by atoms with van der Waals surface area (Å²) in [7, 11) is 0. The maximum atomic E-state index is 5.92. The predicted molar refractivity (Wildman–Crippen MR) is 73.4 cm³/mol. The molecule has 2 rings (SSSR count). The molecule has 0 radical (unpaired) electrons. The number of alkyl halides is 1. The minimum absolute atomic E-state index is 0.0906. The quantitative estimate of drug-likeness (QED) is 0.727. The molecule has 0 spiro atoms. The van der Waals surface area contributed by atoms with Gasteiger partial charge in [-0.1, -0.05) is 35.7 Å². The van der Waals surface area contributed by atoms with Gasteiger partial charge in [0.05, 0.1) is 13.2 Å². The van der Waals surface area contributed by atoms with Crippen molar-refractivity contribution in [2.24, 2.45) is 11.8 Å². The van der Waals surface area contributed by atoms with Gasteiger partial charge in [-0.25, -0.2) is 0 Å². The minimum Gasteiger partial charge on any atom is -0.352 e. The third-order valence-electron chi connectivity index (χ3n) is 4.04. The average Bonchev–Trinajstić information content (AvgIpc) is 2.38. The van der Waals surface area contributed by atoms with Crippen molar-refractivity contribution in [3.63, 3.8) is 0 Å². The fourth-order valence-corrected chi connectivity index (χ4v) is 3.37. The molecule has 1 aliphatic heterocycles. The Bertz CT molecular complexity index is 206. The molecule has 100 valence electrons. The highest BCUT2D eigenvalue weighted by molar-refractivity contribution is 9.09. The van der Waals surface area contributed by atoms with E-state index in [0.717, 1.165) is 18.0 Å². The van der Waals surface area contributed by atoms with Crippen molar-refractivity contribution in [3.8, 4) is 0 Å². The SMILES string of the molecule is CCCC[C@H]1CO[C@H]([C@H]2CC[C@H](Br)CC2)OC1. The molecule has 0 aromatic carbocycles. The van der Waals surface area contributed by atoms with Gasteiger partial charge in [0.15, 0.2) is 6.29 Å². The van der Waals surface area contributed by atoms with E-state index in [9.17, 15) is 0 Å². The number of hydrogen-bond acceptors (Lipinski definition) is 2. The lowest BCUT2D eigenvalue weighted by atomic mass is 9.88. The maximum Gasteiger partial charge on any atom is 0.160 e. The normalized spacial score (nSPS) is 39.2. The van der Waals surface area contributed by atoms with Crippen molar-refractivity contribution in [2.45, 2.75) is 63.0 Å². The Hall–Kier alpha value is 0.400. The van der Waals surface area contributed by atoms with Crippen LogP contribution in [0.5, 0.6) is 0 Å². The fourth-order valence-electron chi connectivity index (χ4n) is 2.84. The molecule has 17 heavy (non-hydrogen) atoms. The average molecular weight is 305 g/mol. The molecule has 2 fully saturated rings. The molecular formula is C14H25BrO2. The predicted octanol–water partition coefficient (Wildman–Crippen LogP) is 4.12. The van der Waals surface area contributed by atoms with Crippen LogP contribution in [-0.2, 0) is 9.47 Å². The van der Waals surface area contributed by atoms with Crippen LogP contribution in [0.3, 0.4) is 0 Å². The highest BCUT2D eigenvalue weighted by Crippen LogP contribution is 2.34. The van der Waals surface area contributed by atoms with Crippen LogP contribution in [0.1, 0.15) is 51.9 Å². The van der Waals surface area contributed by atoms with Crippen LogP contribution < -0.4 is 0 Å². The third kappa shape index (κ3) is 4.22. The van der Waals surface area contributed by atoms with Crippen molar-refractivity contribution >= 4 is 15.9 Å². The summed E-state index contributed by atoms with van der Waals surface area (Å²) in [5, 5.41) is 0. The van der Waals surface area contributed by atoms with Gasteiger partial charge in [0.1, 0.15) is 0 Å². The second-order valence-corrected chi connectivity index (χ2v) is 6.85. The molecular weight excluding hydrogens is 280 g/mol. The van der Waals surface area contributed by atoms with Gasteiger partial charge >= 0.3 is 0 Å². The van der Waals surface area contributed by atoms with E-state index >= 15 is 0 Å². The summed E-state index contributed by atoms with van der Waals surface area (Å²) in [6, 6.07) is 0. The maximum absolute atomic E-state index is 5.92. The molecule has 0 N–H and O–H groups in total. The second kappa shape index (κ2) is 7.10. The summed E-state index contributed by atoms with van der Waals surface area (Å²) in [5.74, 6) is 1.27. The van der Waals surface area contributed by atoms with E-state index < -0.39 is 0 Å². The summed E-state index contributed by atoms with van der Waals surface area (Å²) in [6.07, 6.45) is 8.97. The van der Waals surface area contributed by atoms with E-state index in [1.807, 2.05) is 0 Å². The molecule has 0 atom stereocenters. The van der Waals surface area contributed by atoms with Gasteiger partial charge in [-0.15, -0.1) is 0 Å². The topological polar surface area (TPSA) is 18.5 Å². The summed E-state index contributed by atoms with van der Waals surface area (Å²) in [6.45, 7) is 4.07. The van der Waals surface area contributed by atoms with Gasteiger partial charge in [0.2, 0.25) is 0 Å². The highest BCUT2D eigenvalue weighted by atomic mass is 79.9. The van der Waals surface area contributed by atoms with Crippen LogP contribution in [0, 0.1) is 11.8 Å². The number of halogens is 1. The molecule has 0 aromatic heterocycles. The zero-order valence-corrected chi connectivity index (χ0v) is 12.5. The van der Waals surface area contributed by atoms with E-state index in [4.69, 9.17) is 9.47 Å². The number of ether oxygens (including phenoxy) is 2. The first-order chi connectivity index (χ1) is 8.29. The van der Waals surface area contributed by atoms with Crippen molar-refractivity contribution in [2.75, 3.05) is 13.2 Å². The monoisotopic (exact) mass is 304 g/mol. The molecule has 2 aliphatic rings. The third-order valence-corrected chi connectivity index (χ3v) is 4.96. The Morgan fingerprint density at radius 2 is 1.71 bits per heavy atom. The van der Waals surface area contributed by atoms with Gasteiger partial charge in [-0.2, -0.15) is 0 Å². The van der Waals surface area contributed by atoms with Crippen molar-refractivity contribution in [3.05, 3.63) is 0 Å². The molecule has 0 bridgehead atoms. The molecule has 0 unspecified atom stereocenters. The van der Waals surface area contributed by atoms with Crippen LogP contribution in [0.15, 0.2) is 0 Å². The molecule has 3 heteroatoms. The number of rotatable bonds is 4. The van der Waals surface area contributed by atoms with Gasteiger partial charge in [-0.05, 0) is 32.1 Å². The lowest BCUT2D eigenvalue weighted by molar-refractivity contribution is -0.228. The Morgan fingerprint density at radius 3 is 2.29 bits per heavy atom. The summed E-state index contributed by atoms with van der Waals surface area (Å²) in [5.41, 5.74) is 0. The van der Waals surface area contributed by atoms with Crippen molar-refractivity contribution < 1.29 is 9.47 Å². The van der Waals surface area contributed by atoms with E-state index in [0.29, 0.717) is 11.8 Å². The first kappa shape index (κ1) is 13.8. The zero-order valence-electron chi connectivity index (χ0n) is 10.9. The molecule has 0 amide bonds. The Morgan fingerprint density at radius 1 is 1.06 bits per heavy atom. The fraction of sp³-hybridized carbons (Fsp3) is 1.00. The van der Waals surface area contributed by atoms with Crippen molar-refractivity contribution in [1.82, 2.24) is 0 Å². The first-order valence-electron chi connectivity index (χ1n) is 7.17. The summed E-state index contributed by atoms with van der Waals surface area (Å²) >= 11 is 3.70. The summed E-state index contributed by atoms with van der Waals surface area (Å²) < 4.78 is 11.8. The number of unbranched alkanes of at least 4 members (excludes halogenated alkanes) is 1. The van der Waals surface area contributed by atoms with Crippen LogP contribution >= 0.6 is 15.9 Å². The largest absolute Gasteiger partial charge is 0.352 e. The Kier molecular flexibility index (Phi) is 5.78. The number of hydrogen-bond donors (Lipinski definition) is 0. The van der Waals surface area contributed by atoms with E-state index in [1.165, 1.54) is 44.9 Å². The molecule has 0 aromatic rings. The first-order valence-corrected chi connectivity index (χ1v) is 8.08. The highest BCUT2D eigenvalue weighted by Gasteiger charge is 2.31. The molecule has 1 heterocycles. The lowest BCUT2D eigenvalue weighted by Gasteiger charge is -2.36. The van der Waals surface area contributed by atoms with Gasteiger partial charge in [0.25, 0.3) is 0 Å². The van der Waals surface area contributed by atoms with Crippen LogP contribution in [0.25, 0.3) is 0 Å². The Balaban J connectivity index is 1.68. The molecule has 1 saturated carbocycles. The zero-order chi connectivity index (χ0) is 12.1. The molecule has 1 aliphatic carbocycles. The van der Waals surface area contributed by atoms with Gasteiger partial charge < -0.3 is 9.47 Å². The smallest absolute Gasteiger partial charge is 0.160 e. The Labute approximate surface area is 114 Å². The van der Waals surface area contributed by atoms with E-state index in [1.54, 1.807) is 0 Å². The minimum atomic E-state index is 0.0906. The van der Waals surface area contributed by atoms with Crippen LogP contribution in [0.2, 0.25) is 0 Å². The van der Waals surface area contributed by atoms with E-state index in [-0.39, 0.29) is 6.29 Å². The molecule has 1 saturated heterocycles. The van der Waals surface area contributed by atoms with E-state index in [2.05, 4.69) is 22.9 Å². The molecule has 2 nitrogen and oxygen atoms in total. The standard InChI is InChI=1S/C14H25BrO2/c1-2-3-4-11-9-16-14(17-10-11)12-5-7-13(15)8-6-12/h11-14H,2-10H2,1H3/t11-,12-,13-,14-. The lowest BCUT2D eigenvalue weighted by Crippen LogP contribution is -2.38. The van der Waals surface area contributed by atoms with Gasteiger partial charge in [-0.3, -0.25) is 0 Å². The van der Waals surface area contributed by atoms with Crippen LogP contribution in [0.4, 0.5) is 0 Å². The second-order valence-electron chi connectivity index (χ2n) is 5.56. The van der Waals surface area contributed by atoms with Gasteiger partial charge in [0, 0.05) is 16.7 Å².